The summed E-state index contributed by atoms with van der Waals surface area (Å²) in [5, 5.41) is 5.19. The minimum atomic E-state index is 0.455. The number of hydrogen-bond donors (Lipinski definition) is 0. The fourth-order valence-electron chi connectivity index (χ4n) is 8.20. The lowest BCUT2D eigenvalue weighted by Crippen LogP contribution is -2.16. The number of hydrogen-bond acceptors (Lipinski definition) is 0. The van der Waals surface area contributed by atoms with Gasteiger partial charge in [-0.3, -0.25) is 0 Å². The Labute approximate surface area is 261 Å². The second-order valence-electron chi connectivity index (χ2n) is 13.0. The van der Waals surface area contributed by atoms with Gasteiger partial charge in [0.25, 0.3) is 0 Å². The van der Waals surface area contributed by atoms with Crippen LogP contribution >= 0.6 is 0 Å². The van der Waals surface area contributed by atoms with E-state index in [9.17, 15) is 0 Å². The largest absolute Gasteiger partial charge is 0.0652 e. The van der Waals surface area contributed by atoms with Crippen LogP contribution in [0.3, 0.4) is 0 Å². The first-order valence-electron chi connectivity index (χ1n) is 16.2. The standard InChI is InChI=1S/C44H38/c1-4-30(44-29(3)24-43-38(16-10-18-40(43)44)36-22-20-32-12-6-8-14-34(32)26-36)27-41-28(2)23-42-37(15-9-17-39(41)42)35-21-19-31-11-5-7-13-33(31)25-35/h5-26,30,41,44H,4,27H2,1-3H3. The van der Waals surface area contributed by atoms with E-state index in [0.717, 1.165) is 0 Å². The van der Waals surface area contributed by atoms with Crippen LogP contribution in [0.15, 0.2) is 132 Å². The maximum absolute atomic E-state index is 2.48. The maximum atomic E-state index is 2.48. The lowest BCUT2D eigenvalue weighted by atomic mass is 9.75. The van der Waals surface area contributed by atoms with Gasteiger partial charge in [-0.15, -0.1) is 0 Å². The van der Waals surface area contributed by atoms with Crippen molar-refractivity contribution >= 4 is 33.7 Å². The van der Waals surface area contributed by atoms with Gasteiger partial charge in [-0.05, 0) is 104 Å². The average molecular weight is 567 g/mol. The summed E-state index contributed by atoms with van der Waals surface area (Å²) in [5.41, 5.74) is 14.2. The van der Waals surface area contributed by atoms with Crippen LogP contribution in [-0.4, -0.2) is 0 Å². The van der Waals surface area contributed by atoms with Crippen molar-refractivity contribution in [3.05, 3.63) is 155 Å². The Morgan fingerprint density at radius 3 is 1.64 bits per heavy atom. The molecule has 2 aliphatic rings. The Kier molecular flexibility index (Phi) is 6.60. The monoisotopic (exact) mass is 566 g/mol. The lowest BCUT2D eigenvalue weighted by molar-refractivity contribution is 0.400. The molecule has 0 fully saturated rings. The zero-order valence-corrected chi connectivity index (χ0v) is 25.8. The molecule has 0 saturated heterocycles. The predicted octanol–water partition coefficient (Wildman–Crippen LogP) is 12.4. The first-order chi connectivity index (χ1) is 21.6. The van der Waals surface area contributed by atoms with Crippen LogP contribution in [0.25, 0.3) is 56.0 Å². The van der Waals surface area contributed by atoms with Gasteiger partial charge in [0.1, 0.15) is 0 Å². The van der Waals surface area contributed by atoms with Gasteiger partial charge in [0.2, 0.25) is 0 Å². The summed E-state index contributed by atoms with van der Waals surface area (Å²) in [6.07, 6.45) is 7.29. The Balaban J connectivity index is 1.13. The molecule has 214 valence electrons. The zero-order valence-electron chi connectivity index (χ0n) is 25.8. The van der Waals surface area contributed by atoms with Crippen molar-refractivity contribution in [3.63, 3.8) is 0 Å². The van der Waals surface area contributed by atoms with Gasteiger partial charge in [0.05, 0.1) is 0 Å². The van der Waals surface area contributed by atoms with E-state index in [1.807, 2.05) is 0 Å². The molecule has 0 aromatic heterocycles. The Morgan fingerprint density at radius 2 is 1.05 bits per heavy atom. The van der Waals surface area contributed by atoms with Crippen molar-refractivity contribution in [2.24, 2.45) is 5.92 Å². The van der Waals surface area contributed by atoms with E-state index in [4.69, 9.17) is 0 Å². The minimum absolute atomic E-state index is 0.455. The van der Waals surface area contributed by atoms with Crippen LogP contribution in [-0.2, 0) is 0 Å². The molecule has 8 rings (SSSR count). The molecule has 6 aromatic rings. The van der Waals surface area contributed by atoms with Crippen molar-refractivity contribution in [2.45, 2.75) is 45.4 Å². The van der Waals surface area contributed by atoms with E-state index in [1.54, 1.807) is 0 Å². The fourth-order valence-corrected chi connectivity index (χ4v) is 8.20. The zero-order chi connectivity index (χ0) is 29.8. The molecule has 0 heteroatoms. The van der Waals surface area contributed by atoms with E-state index in [2.05, 4.69) is 154 Å². The Hall–Kier alpha value is -4.68. The third-order valence-corrected chi connectivity index (χ3v) is 10.4. The van der Waals surface area contributed by atoms with Gasteiger partial charge in [-0.2, -0.15) is 0 Å². The molecule has 0 bridgehead atoms. The molecule has 2 aliphatic carbocycles. The topological polar surface area (TPSA) is 0 Å². The molecule has 6 aromatic carbocycles. The van der Waals surface area contributed by atoms with Crippen molar-refractivity contribution in [2.75, 3.05) is 0 Å². The van der Waals surface area contributed by atoms with E-state index in [1.165, 1.54) is 90.0 Å². The lowest BCUT2D eigenvalue weighted by Gasteiger charge is -2.29. The molecule has 0 N–H and O–H groups in total. The van der Waals surface area contributed by atoms with Crippen molar-refractivity contribution in [3.8, 4) is 22.3 Å². The number of fused-ring (bicyclic) bond motifs is 4. The van der Waals surface area contributed by atoms with Gasteiger partial charge >= 0.3 is 0 Å². The number of allylic oxidation sites excluding steroid dienone is 2. The van der Waals surface area contributed by atoms with Crippen LogP contribution in [0, 0.1) is 5.92 Å². The smallest absolute Gasteiger partial charge is 0.00833 e. The van der Waals surface area contributed by atoms with Crippen LogP contribution < -0.4 is 0 Å². The average Bonchev–Trinajstić information content (AvgIpc) is 3.57. The third-order valence-electron chi connectivity index (χ3n) is 10.4. The molecule has 0 radical (unpaired) electrons. The van der Waals surface area contributed by atoms with E-state index >= 15 is 0 Å². The molecule has 0 saturated carbocycles. The highest BCUT2D eigenvalue weighted by Gasteiger charge is 2.34. The molecule has 0 heterocycles. The predicted molar refractivity (Wildman–Crippen MR) is 190 cm³/mol. The summed E-state index contributed by atoms with van der Waals surface area (Å²) in [6, 6.07) is 45.1. The molecule has 3 atom stereocenters. The normalized spacial score (nSPS) is 17.8. The van der Waals surface area contributed by atoms with Gasteiger partial charge in [-0.1, -0.05) is 146 Å². The highest BCUT2D eigenvalue weighted by Crippen LogP contribution is 2.51. The van der Waals surface area contributed by atoms with Crippen molar-refractivity contribution in [1.29, 1.82) is 0 Å². The first-order valence-corrected chi connectivity index (χ1v) is 16.2. The summed E-state index contributed by atoms with van der Waals surface area (Å²) < 4.78 is 0. The number of benzene rings is 6. The molecule has 0 nitrogen and oxygen atoms in total. The maximum Gasteiger partial charge on any atom is 0.00833 e. The summed E-state index contributed by atoms with van der Waals surface area (Å²) >= 11 is 0. The van der Waals surface area contributed by atoms with E-state index in [-0.39, 0.29) is 0 Å². The van der Waals surface area contributed by atoms with Gasteiger partial charge < -0.3 is 0 Å². The molecule has 0 amide bonds. The molecule has 0 spiro atoms. The Bertz CT molecular complexity index is 2120. The molecular weight excluding hydrogens is 528 g/mol. The van der Waals surface area contributed by atoms with E-state index < -0.39 is 0 Å². The third kappa shape index (κ3) is 4.44. The van der Waals surface area contributed by atoms with Crippen LogP contribution in [0.5, 0.6) is 0 Å². The van der Waals surface area contributed by atoms with Crippen molar-refractivity contribution in [1.82, 2.24) is 0 Å². The molecule has 0 aliphatic heterocycles. The van der Waals surface area contributed by atoms with Crippen LogP contribution in [0.1, 0.15) is 67.7 Å². The summed E-state index contributed by atoms with van der Waals surface area (Å²) in [4.78, 5) is 0. The van der Waals surface area contributed by atoms with Gasteiger partial charge in [0, 0.05) is 11.8 Å². The SMILES string of the molecule is CCC(CC1C(C)=Cc2c(-c3ccc4ccccc4c3)cccc21)C1C(C)=Cc2c(-c3ccc4ccccc4c3)cccc21. The highest BCUT2D eigenvalue weighted by molar-refractivity contribution is 5.91. The van der Waals surface area contributed by atoms with Crippen LogP contribution in [0.4, 0.5) is 0 Å². The molecular formula is C44H38. The molecule has 3 unspecified atom stereocenters. The van der Waals surface area contributed by atoms with Crippen LogP contribution in [0.2, 0.25) is 0 Å². The fraction of sp³-hybridized carbons (Fsp3) is 0.182. The second kappa shape index (κ2) is 10.8. The summed E-state index contributed by atoms with van der Waals surface area (Å²) in [5.74, 6) is 1.48. The first kappa shape index (κ1) is 26.9. The minimum Gasteiger partial charge on any atom is -0.0652 e. The van der Waals surface area contributed by atoms with E-state index in [0.29, 0.717) is 17.8 Å². The van der Waals surface area contributed by atoms with Gasteiger partial charge in [-0.25, -0.2) is 0 Å². The Morgan fingerprint density at radius 1 is 0.523 bits per heavy atom. The number of rotatable bonds is 6. The quantitative estimate of drug-likeness (QED) is 0.188. The second-order valence-corrected chi connectivity index (χ2v) is 13.0. The highest BCUT2D eigenvalue weighted by atomic mass is 14.4. The van der Waals surface area contributed by atoms with Crippen molar-refractivity contribution < 1.29 is 0 Å². The summed E-state index contributed by atoms with van der Waals surface area (Å²) in [7, 11) is 0. The van der Waals surface area contributed by atoms with Gasteiger partial charge in [0.15, 0.2) is 0 Å². The molecule has 44 heavy (non-hydrogen) atoms. The summed E-state index contributed by atoms with van der Waals surface area (Å²) in [6.45, 7) is 7.11.